The van der Waals surface area contributed by atoms with Gasteiger partial charge in [0, 0.05) is 6.42 Å². The highest BCUT2D eigenvalue weighted by Gasteiger charge is 2.39. The molecule has 0 aromatic carbocycles. The maximum absolute atomic E-state index is 11.2. The average Bonchev–Trinajstić information content (AvgIpc) is 2.71. The molecule has 2 aliphatic rings. The van der Waals surface area contributed by atoms with Crippen molar-refractivity contribution in [3.63, 3.8) is 0 Å². The second-order valence-corrected chi connectivity index (χ2v) is 11.2. The third kappa shape index (κ3) is 7.08. The molecule has 0 heterocycles. The van der Waals surface area contributed by atoms with Crippen molar-refractivity contribution in [2.75, 3.05) is 0 Å². The van der Waals surface area contributed by atoms with Crippen molar-refractivity contribution >= 4 is 6.29 Å². The summed E-state index contributed by atoms with van der Waals surface area (Å²) in [5, 5.41) is 10.1. The van der Waals surface area contributed by atoms with E-state index in [0.29, 0.717) is 41.4 Å². The van der Waals surface area contributed by atoms with Crippen molar-refractivity contribution in [3.8, 4) is 0 Å². The first-order chi connectivity index (χ1) is 14.2. The Morgan fingerprint density at radius 3 is 2.60 bits per heavy atom. The number of aldehydes is 1. The summed E-state index contributed by atoms with van der Waals surface area (Å²) in [7, 11) is 0. The highest BCUT2D eigenvalue weighted by atomic mass is 16.3. The largest absolute Gasteiger partial charge is 0.393 e. The fraction of sp³-hybridized carbons (Fsp3) is 0.821. The van der Waals surface area contributed by atoms with E-state index in [1.165, 1.54) is 32.1 Å². The highest BCUT2D eigenvalue weighted by molar-refractivity contribution is 5.49. The molecule has 7 unspecified atom stereocenters. The molecule has 0 fully saturated rings. The standard InChI is InChI=1S/C28H48O2/c1-7-25(30)19-22(14-16-29)10-12-26-21(4)9-11-23-17-20(3)18-24(27(23)26)13-15-28(5,6)8-2/h9,11,16-17,20-22,24-27,30H,7-8,10,12-15,18-19H2,1-6H3. The van der Waals surface area contributed by atoms with Gasteiger partial charge in [0.2, 0.25) is 0 Å². The van der Waals surface area contributed by atoms with Gasteiger partial charge in [0.1, 0.15) is 6.29 Å². The van der Waals surface area contributed by atoms with Gasteiger partial charge in [0.05, 0.1) is 6.10 Å². The number of fused-ring (bicyclic) bond motifs is 1. The summed E-state index contributed by atoms with van der Waals surface area (Å²) >= 11 is 0. The SMILES string of the molecule is CCC(O)CC(CC=O)CCC1C(C)C=CC2=CC(C)CC(CCC(C)(C)CC)C21. The number of rotatable bonds is 12. The monoisotopic (exact) mass is 416 g/mol. The van der Waals surface area contributed by atoms with Gasteiger partial charge in [0.25, 0.3) is 0 Å². The Morgan fingerprint density at radius 2 is 1.97 bits per heavy atom. The van der Waals surface area contributed by atoms with Gasteiger partial charge in [-0.05, 0) is 91.4 Å². The molecule has 2 nitrogen and oxygen atoms in total. The van der Waals surface area contributed by atoms with Crippen molar-refractivity contribution < 1.29 is 9.90 Å². The number of carbonyl (C=O) groups excluding carboxylic acids is 1. The van der Waals surface area contributed by atoms with E-state index in [1.54, 1.807) is 5.57 Å². The summed E-state index contributed by atoms with van der Waals surface area (Å²) < 4.78 is 0. The molecule has 1 N–H and O–H groups in total. The van der Waals surface area contributed by atoms with Crippen LogP contribution >= 0.6 is 0 Å². The molecule has 0 aromatic rings. The van der Waals surface area contributed by atoms with E-state index < -0.39 is 0 Å². The van der Waals surface area contributed by atoms with E-state index >= 15 is 0 Å². The lowest BCUT2D eigenvalue weighted by molar-refractivity contribution is -0.108. The van der Waals surface area contributed by atoms with E-state index in [9.17, 15) is 9.90 Å². The van der Waals surface area contributed by atoms with E-state index in [2.05, 4.69) is 52.8 Å². The molecule has 0 spiro atoms. The summed E-state index contributed by atoms with van der Waals surface area (Å²) in [6.45, 7) is 14.0. The van der Waals surface area contributed by atoms with Crippen LogP contribution in [0, 0.1) is 40.9 Å². The molecular weight excluding hydrogens is 368 g/mol. The summed E-state index contributed by atoms with van der Waals surface area (Å²) in [6, 6.07) is 0. The molecule has 172 valence electrons. The second kappa shape index (κ2) is 11.7. The van der Waals surface area contributed by atoms with Crippen LogP contribution in [0.5, 0.6) is 0 Å². The predicted octanol–water partition coefficient (Wildman–Crippen LogP) is 7.37. The zero-order valence-electron chi connectivity index (χ0n) is 20.6. The Kier molecular flexibility index (Phi) is 9.85. The van der Waals surface area contributed by atoms with Crippen LogP contribution in [0.15, 0.2) is 23.8 Å². The number of allylic oxidation sites excluding steroid dienone is 4. The van der Waals surface area contributed by atoms with E-state index in [-0.39, 0.29) is 6.10 Å². The third-order valence-corrected chi connectivity index (χ3v) is 8.34. The Labute approximate surface area is 186 Å². The van der Waals surface area contributed by atoms with E-state index in [0.717, 1.165) is 31.5 Å². The van der Waals surface area contributed by atoms with Crippen LogP contribution in [-0.2, 0) is 4.79 Å². The smallest absolute Gasteiger partial charge is 0.120 e. The van der Waals surface area contributed by atoms with Crippen LogP contribution in [0.4, 0.5) is 0 Å². The van der Waals surface area contributed by atoms with Crippen LogP contribution in [0.2, 0.25) is 0 Å². The number of carbonyl (C=O) groups is 1. The third-order valence-electron chi connectivity index (χ3n) is 8.34. The topological polar surface area (TPSA) is 37.3 Å². The van der Waals surface area contributed by atoms with Crippen molar-refractivity contribution in [2.45, 2.75) is 105 Å². The van der Waals surface area contributed by atoms with E-state index in [4.69, 9.17) is 0 Å². The van der Waals surface area contributed by atoms with Gasteiger partial charge in [-0.1, -0.05) is 66.2 Å². The van der Waals surface area contributed by atoms with Crippen LogP contribution in [0.1, 0.15) is 99.3 Å². The maximum Gasteiger partial charge on any atom is 0.120 e. The molecule has 0 aromatic heterocycles. The van der Waals surface area contributed by atoms with Crippen molar-refractivity contribution in [1.82, 2.24) is 0 Å². The fourth-order valence-corrected chi connectivity index (χ4v) is 5.84. The normalized spacial score (nSPS) is 31.0. The Hall–Kier alpha value is -0.890. The van der Waals surface area contributed by atoms with Gasteiger partial charge in [-0.3, -0.25) is 0 Å². The van der Waals surface area contributed by atoms with Crippen LogP contribution in [0.25, 0.3) is 0 Å². The minimum absolute atomic E-state index is 0.270. The average molecular weight is 417 g/mol. The number of aliphatic hydroxyl groups is 1. The molecule has 0 aliphatic heterocycles. The van der Waals surface area contributed by atoms with Gasteiger partial charge in [-0.25, -0.2) is 0 Å². The van der Waals surface area contributed by atoms with Crippen molar-refractivity contribution in [3.05, 3.63) is 23.8 Å². The second-order valence-electron chi connectivity index (χ2n) is 11.2. The molecule has 2 rings (SSSR count). The fourth-order valence-electron chi connectivity index (χ4n) is 5.84. The molecular formula is C28H48O2. The minimum atomic E-state index is -0.270. The first-order valence-electron chi connectivity index (χ1n) is 12.7. The van der Waals surface area contributed by atoms with E-state index in [1.807, 2.05) is 6.92 Å². The summed E-state index contributed by atoms with van der Waals surface area (Å²) in [6.07, 6.45) is 17.7. The molecule has 0 bridgehead atoms. The molecule has 30 heavy (non-hydrogen) atoms. The summed E-state index contributed by atoms with van der Waals surface area (Å²) in [4.78, 5) is 11.2. The Balaban J connectivity index is 2.14. The molecule has 2 heteroatoms. The van der Waals surface area contributed by atoms with Crippen LogP contribution < -0.4 is 0 Å². The maximum atomic E-state index is 11.2. The minimum Gasteiger partial charge on any atom is -0.393 e. The zero-order valence-corrected chi connectivity index (χ0v) is 20.6. The van der Waals surface area contributed by atoms with Gasteiger partial charge in [-0.2, -0.15) is 0 Å². The number of hydrogen-bond acceptors (Lipinski definition) is 2. The van der Waals surface area contributed by atoms with Crippen LogP contribution in [-0.4, -0.2) is 17.5 Å². The Morgan fingerprint density at radius 1 is 1.23 bits per heavy atom. The predicted molar refractivity (Wildman–Crippen MR) is 128 cm³/mol. The molecule has 0 saturated heterocycles. The first kappa shape index (κ1) is 25.4. The van der Waals surface area contributed by atoms with Gasteiger partial charge < -0.3 is 9.90 Å². The number of hydrogen-bond donors (Lipinski definition) is 1. The lowest BCUT2D eigenvalue weighted by Crippen LogP contribution is -2.36. The molecule has 0 saturated carbocycles. The highest BCUT2D eigenvalue weighted by Crippen LogP contribution is 2.49. The molecule has 0 radical (unpaired) electrons. The number of aliphatic hydroxyl groups excluding tert-OH is 1. The summed E-state index contributed by atoms with van der Waals surface area (Å²) in [5.41, 5.74) is 2.01. The summed E-state index contributed by atoms with van der Waals surface area (Å²) in [5.74, 6) is 3.69. The lowest BCUT2D eigenvalue weighted by atomic mass is 9.60. The Bertz CT molecular complexity index is 587. The molecule has 0 amide bonds. The lowest BCUT2D eigenvalue weighted by Gasteiger charge is -2.45. The quantitative estimate of drug-likeness (QED) is 0.337. The zero-order chi connectivity index (χ0) is 22.3. The van der Waals surface area contributed by atoms with Crippen LogP contribution in [0.3, 0.4) is 0 Å². The van der Waals surface area contributed by atoms with Crippen molar-refractivity contribution in [2.24, 2.45) is 40.9 Å². The first-order valence-corrected chi connectivity index (χ1v) is 12.7. The van der Waals surface area contributed by atoms with Gasteiger partial charge in [-0.15, -0.1) is 0 Å². The van der Waals surface area contributed by atoms with Crippen molar-refractivity contribution in [1.29, 1.82) is 0 Å². The van der Waals surface area contributed by atoms with Gasteiger partial charge >= 0.3 is 0 Å². The van der Waals surface area contributed by atoms with Gasteiger partial charge in [0.15, 0.2) is 0 Å². The molecule has 2 aliphatic carbocycles. The molecule has 7 atom stereocenters.